The van der Waals surface area contributed by atoms with E-state index in [9.17, 15) is 0 Å². The van der Waals surface area contributed by atoms with Crippen LogP contribution < -0.4 is 5.32 Å². The first kappa shape index (κ1) is 18.6. The van der Waals surface area contributed by atoms with Gasteiger partial charge in [0.05, 0.1) is 5.69 Å². The Balaban J connectivity index is 1.22. The van der Waals surface area contributed by atoms with Crippen molar-refractivity contribution in [1.29, 1.82) is 0 Å². The van der Waals surface area contributed by atoms with E-state index in [4.69, 9.17) is 5.10 Å². The van der Waals surface area contributed by atoms with Crippen LogP contribution in [0, 0.1) is 0 Å². The summed E-state index contributed by atoms with van der Waals surface area (Å²) in [6.07, 6.45) is 7.12. The molecule has 0 amide bonds. The second-order valence-electron chi connectivity index (χ2n) is 8.59. The minimum atomic E-state index is 0.552. The Labute approximate surface area is 173 Å². The van der Waals surface area contributed by atoms with Gasteiger partial charge in [-0.2, -0.15) is 5.10 Å². The Hall–Kier alpha value is -2.43. The molecule has 0 bridgehead atoms. The minimum absolute atomic E-state index is 0.552. The Morgan fingerprint density at radius 1 is 1.00 bits per heavy atom. The van der Waals surface area contributed by atoms with Crippen LogP contribution >= 0.6 is 0 Å². The number of fused-ring (bicyclic) bond motifs is 1. The number of likely N-dealkylation sites (tertiary alicyclic amines) is 1. The van der Waals surface area contributed by atoms with Gasteiger partial charge in [0.15, 0.2) is 0 Å². The number of nitrogens with zero attached hydrogens (tertiary/aromatic N) is 3. The topological polar surface area (TPSA) is 33.1 Å². The van der Waals surface area contributed by atoms with Gasteiger partial charge >= 0.3 is 0 Å². The molecule has 4 nitrogen and oxygen atoms in total. The molecule has 0 unspecified atom stereocenters. The van der Waals surface area contributed by atoms with Crippen molar-refractivity contribution in [1.82, 2.24) is 20.0 Å². The van der Waals surface area contributed by atoms with Gasteiger partial charge in [0, 0.05) is 49.5 Å². The van der Waals surface area contributed by atoms with E-state index in [0.717, 1.165) is 18.8 Å². The summed E-state index contributed by atoms with van der Waals surface area (Å²) in [6.45, 7) is 3.26. The number of nitrogens with one attached hydrogen (secondary N) is 1. The van der Waals surface area contributed by atoms with Crippen LogP contribution in [0.5, 0.6) is 0 Å². The molecule has 0 spiro atoms. The molecule has 5 rings (SSSR count). The average molecular weight is 387 g/mol. The first-order chi connectivity index (χ1) is 14.3. The number of hydrogen-bond acceptors (Lipinski definition) is 3. The molecule has 1 aromatic heterocycles. The summed E-state index contributed by atoms with van der Waals surface area (Å²) in [6, 6.07) is 20.7. The standard InChI is InChI=1S/C25H30N4/c1-28-17-22(25(27-28)19-8-3-2-4-9-19)16-26-23-12-7-13-29(18-23)24-14-20-10-5-6-11-21(20)15-24/h2-6,8-11,17,23-24,26H,7,12-16,18H2,1H3/t23-/m1/s1. The van der Waals surface area contributed by atoms with Crippen LogP contribution in [-0.4, -0.2) is 39.9 Å². The molecular weight excluding hydrogens is 356 g/mol. The van der Waals surface area contributed by atoms with Crippen LogP contribution in [0.3, 0.4) is 0 Å². The second kappa shape index (κ2) is 8.13. The van der Waals surface area contributed by atoms with Crippen molar-refractivity contribution < 1.29 is 0 Å². The third-order valence-electron chi connectivity index (χ3n) is 6.53. The molecular formula is C25H30N4. The summed E-state index contributed by atoms with van der Waals surface area (Å²) < 4.78 is 1.93. The van der Waals surface area contributed by atoms with E-state index in [1.807, 2.05) is 11.7 Å². The molecule has 3 aromatic rings. The molecule has 1 atom stereocenters. The van der Waals surface area contributed by atoms with Gasteiger partial charge in [0.25, 0.3) is 0 Å². The number of rotatable bonds is 5. The normalized spacial score (nSPS) is 20.1. The maximum Gasteiger partial charge on any atom is 0.0967 e. The van der Waals surface area contributed by atoms with Crippen molar-refractivity contribution >= 4 is 0 Å². The van der Waals surface area contributed by atoms with Crippen molar-refractivity contribution in [3.05, 3.63) is 77.5 Å². The highest BCUT2D eigenvalue weighted by Gasteiger charge is 2.30. The number of piperidine rings is 1. The summed E-state index contributed by atoms with van der Waals surface area (Å²) in [4.78, 5) is 2.72. The molecule has 2 aliphatic rings. The summed E-state index contributed by atoms with van der Waals surface area (Å²) in [7, 11) is 2.01. The molecule has 1 saturated heterocycles. The lowest BCUT2D eigenvalue weighted by atomic mass is 10.0. The highest BCUT2D eigenvalue weighted by molar-refractivity contribution is 5.62. The number of benzene rings is 2. The molecule has 0 saturated carbocycles. The zero-order chi connectivity index (χ0) is 19.6. The summed E-state index contributed by atoms with van der Waals surface area (Å²) in [5.41, 5.74) is 6.67. The Morgan fingerprint density at radius 3 is 2.48 bits per heavy atom. The van der Waals surface area contributed by atoms with Gasteiger partial charge in [0.1, 0.15) is 0 Å². The van der Waals surface area contributed by atoms with Crippen molar-refractivity contribution in [3.63, 3.8) is 0 Å². The first-order valence-corrected chi connectivity index (χ1v) is 10.9. The van der Waals surface area contributed by atoms with Gasteiger partial charge in [-0.1, -0.05) is 54.6 Å². The SMILES string of the molecule is Cn1cc(CN[C@@H]2CCCN(C3Cc4ccccc4C3)C2)c(-c2ccccc2)n1. The van der Waals surface area contributed by atoms with Gasteiger partial charge < -0.3 is 5.32 Å². The molecule has 1 fully saturated rings. The third kappa shape index (κ3) is 4.00. The van der Waals surface area contributed by atoms with Crippen molar-refractivity contribution in [3.8, 4) is 11.3 Å². The summed E-state index contributed by atoms with van der Waals surface area (Å²) in [5, 5.41) is 8.55. The van der Waals surface area contributed by atoms with Gasteiger partial charge in [-0.25, -0.2) is 0 Å². The lowest BCUT2D eigenvalue weighted by Crippen LogP contribution is -2.49. The molecule has 1 aliphatic carbocycles. The molecule has 0 radical (unpaired) electrons. The van der Waals surface area contributed by atoms with Crippen LogP contribution in [0.25, 0.3) is 11.3 Å². The predicted molar refractivity (Wildman–Crippen MR) is 118 cm³/mol. The number of aromatic nitrogens is 2. The molecule has 1 N–H and O–H groups in total. The Bertz CT molecular complexity index is 937. The van der Waals surface area contributed by atoms with Crippen LogP contribution in [-0.2, 0) is 26.4 Å². The lowest BCUT2D eigenvalue weighted by Gasteiger charge is -2.37. The van der Waals surface area contributed by atoms with E-state index in [1.54, 1.807) is 11.1 Å². The average Bonchev–Trinajstić information content (AvgIpc) is 3.36. The smallest absolute Gasteiger partial charge is 0.0967 e. The predicted octanol–water partition coefficient (Wildman–Crippen LogP) is 3.81. The van der Waals surface area contributed by atoms with Crippen LogP contribution in [0.4, 0.5) is 0 Å². The van der Waals surface area contributed by atoms with E-state index >= 15 is 0 Å². The Kier molecular flexibility index (Phi) is 5.21. The van der Waals surface area contributed by atoms with E-state index in [0.29, 0.717) is 12.1 Å². The van der Waals surface area contributed by atoms with E-state index in [2.05, 4.69) is 71.0 Å². The minimum Gasteiger partial charge on any atom is -0.309 e. The van der Waals surface area contributed by atoms with E-state index in [1.165, 1.54) is 43.4 Å². The summed E-state index contributed by atoms with van der Waals surface area (Å²) in [5.74, 6) is 0. The largest absolute Gasteiger partial charge is 0.309 e. The fourth-order valence-corrected chi connectivity index (χ4v) is 5.06. The second-order valence-corrected chi connectivity index (χ2v) is 8.59. The van der Waals surface area contributed by atoms with Crippen molar-refractivity contribution in [2.24, 2.45) is 7.05 Å². The number of hydrogen-bond donors (Lipinski definition) is 1. The quantitative estimate of drug-likeness (QED) is 0.724. The van der Waals surface area contributed by atoms with Crippen LogP contribution in [0.2, 0.25) is 0 Å². The van der Waals surface area contributed by atoms with Crippen molar-refractivity contribution in [2.75, 3.05) is 13.1 Å². The number of aryl methyl sites for hydroxylation is 1. The first-order valence-electron chi connectivity index (χ1n) is 10.9. The van der Waals surface area contributed by atoms with Crippen molar-refractivity contribution in [2.45, 2.75) is 44.3 Å². The maximum absolute atomic E-state index is 4.71. The fraction of sp³-hybridized carbons (Fsp3) is 0.400. The molecule has 4 heteroatoms. The molecule has 1 aliphatic heterocycles. The van der Waals surface area contributed by atoms with Gasteiger partial charge in [-0.05, 0) is 43.4 Å². The van der Waals surface area contributed by atoms with Gasteiger partial charge in [0.2, 0.25) is 0 Å². The van der Waals surface area contributed by atoms with E-state index < -0.39 is 0 Å². The van der Waals surface area contributed by atoms with E-state index in [-0.39, 0.29) is 0 Å². The summed E-state index contributed by atoms with van der Waals surface area (Å²) >= 11 is 0. The zero-order valence-electron chi connectivity index (χ0n) is 17.2. The fourth-order valence-electron chi connectivity index (χ4n) is 5.06. The van der Waals surface area contributed by atoms with Crippen LogP contribution in [0.1, 0.15) is 29.5 Å². The zero-order valence-corrected chi connectivity index (χ0v) is 17.2. The van der Waals surface area contributed by atoms with Gasteiger partial charge in [-0.3, -0.25) is 9.58 Å². The maximum atomic E-state index is 4.71. The van der Waals surface area contributed by atoms with Crippen LogP contribution in [0.15, 0.2) is 60.8 Å². The van der Waals surface area contributed by atoms with Gasteiger partial charge in [-0.15, -0.1) is 0 Å². The molecule has 2 heterocycles. The highest BCUT2D eigenvalue weighted by atomic mass is 15.3. The lowest BCUT2D eigenvalue weighted by molar-refractivity contribution is 0.140. The third-order valence-corrected chi connectivity index (χ3v) is 6.53. The monoisotopic (exact) mass is 386 g/mol. The molecule has 29 heavy (non-hydrogen) atoms. The molecule has 150 valence electrons. The molecule has 2 aromatic carbocycles. The Morgan fingerprint density at radius 2 is 1.72 bits per heavy atom. The highest BCUT2D eigenvalue weighted by Crippen LogP contribution is 2.28.